The fourth-order valence-electron chi connectivity index (χ4n) is 3.87. The lowest BCUT2D eigenvalue weighted by Crippen LogP contribution is -2.36. The standard InChI is InChI=1S/C21H24Cl2FN5O2/c22-14-10-25-11-15(23)19(14)29-21-27-16-8-13(18(31-7-6-24)9-17(16)28-21)20(30)26-12-4-2-1-3-5-12/h8-12,14,19H,1-7H2,(H,26,30)(H2,27,28,29). The number of fused-ring (bicyclic) bond motifs is 1. The van der Waals surface area contributed by atoms with Crippen LogP contribution in [0.5, 0.6) is 5.75 Å². The second kappa shape index (κ2) is 9.87. The predicted molar refractivity (Wildman–Crippen MR) is 121 cm³/mol. The summed E-state index contributed by atoms with van der Waals surface area (Å²) in [7, 11) is 0. The molecule has 2 aromatic rings. The molecule has 1 aliphatic carbocycles. The molecule has 1 saturated carbocycles. The first-order valence-corrected chi connectivity index (χ1v) is 11.2. The molecule has 0 spiro atoms. The summed E-state index contributed by atoms with van der Waals surface area (Å²) < 4.78 is 18.3. The van der Waals surface area contributed by atoms with Crippen molar-refractivity contribution < 1.29 is 13.9 Å². The molecule has 2 unspecified atom stereocenters. The summed E-state index contributed by atoms with van der Waals surface area (Å²) >= 11 is 12.5. The number of carbonyl (C=O) groups excluding carboxylic acids is 1. The second-order valence-corrected chi connectivity index (χ2v) is 8.62. The van der Waals surface area contributed by atoms with Crippen molar-refractivity contribution in [3.8, 4) is 5.75 Å². The molecule has 1 aliphatic heterocycles. The number of anilines is 1. The molecule has 31 heavy (non-hydrogen) atoms. The Morgan fingerprint density at radius 1 is 1.29 bits per heavy atom. The molecule has 1 fully saturated rings. The van der Waals surface area contributed by atoms with Gasteiger partial charge in [0.2, 0.25) is 5.95 Å². The third-order valence-electron chi connectivity index (χ3n) is 5.44. The van der Waals surface area contributed by atoms with E-state index in [0.29, 0.717) is 33.3 Å². The first-order chi connectivity index (χ1) is 15.0. The third kappa shape index (κ3) is 5.13. The summed E-state index contributed by atoms with van der Waals surface area (Å²) in [6, 6.07) is 3.07. The first-order valence-electron chi connectivity index (χ1n) is 10.4. The number of hydrogen-bond donors (Lipinski definition) is 3. The van der Waals surface area contributed by atoms with Crippen molar-refractivity contribution in [2.75, 3.05) is 18.6 Å². The number of imidazole rings is 1. The van der Waals surface area contributed by atoms with Crippen LogP contribution in [0.3, 0.4) is 0 Å². The van der Waals surface area contributed by atoms with Gasteiger partial charge in [0.15, 0.2) is 0 Å². The van der Waals surface area contributed by atoms with Gasteiger partial charge in [-0.3, -0.25) is 9.79 Å². The molecule has 4 rings (SSSR count). The van der Waals surface area contributed by atoms with Crippen LogP contribution in [0.15, 0.2) is 28.4 Å². The normalized spacial score (nSPS) is 21.7. The minimum absolute atomic E-state index is 0.138. The average Bonchev–Trinajstić information content (AvgIpc) is 3.16. The summed E-state index contributed by atoms with van der Waals surface area (Å²) in [5, 5.41) is 6.26. The van der Waals surface area contributed by atoms with E-state index in [4.69, 9.17) is 27.9 Å². The fraction of sp³-hybridized carbons (Fsp3) is 0.476. The third-order valence-corrected chi connectivity index (χ3v) is 6.13. The van der Waals surface area contributed by atoms with E-state index in [1.807, 2.05) is 0 Å². The highest BCUT2D eigenvalue weighted by atomic mass is 35.5. The predicted octanol–water partition coefficient (Wildman–Crippen LogP) is 4.53. The van der Waals surface area contributed by atoms with Gasteiger partial charge in [0.25, 0.3) is 5.91 Å². The highest BCUT2D eigenvalue weighted by Crippen LogP contribution is 2.29. The van der Waals surface area contributed by atoms with E-state index in [9.17, 15) is 9.18 Å². The number of H-pyrrole nitrogens is 1. The van der Waals surface area contributed by atoms with Crippen molar-refractivity contribution >= 4 is 52.3 Å². The maximum atomic E-state index is 13.0. The molecule has 3 N–H and O–H groups in total. The van der Waals surface area contributed by atoms with Crippen molar-refractivity contribution in [1.82, 2.24) is 15.3 Å². The number of amides is 1. The number of aromatic amines is 1. The van der Waals surface area contributed by atoms with Crippen LogP contribution in [0.25, 0.3) is 11.0 Å². The van der Waals surface area contributed by atoms with Crippen LogP contribution >= 0.6 is 23.2 Å². The molecule has 1 aromatic carbocycles. The Hall–Kier alpha value is -2.32. The lowest BCUT2D eigenvalue weighted by atomic mass is 9.95. The number of aromatic nitrogens is 2. The highest BCUT2D eigenvalue weighted by Gasteiger charge is 2.25. The number of aliphatic imine (C=N–C) groups is 1. The Bertz CT molecular complexity index is 1000. The van der Waals surface area contributed by atoms with Gasteiger partial charge in [-0.05, 0) is 18.9 Å². The van der Waals surface area contributed by atoms with Crippen LogP contribution in [0.1, 0.15) is 42.5 Å². The molecule has 10 heteroatoms. The monoisotopic (exact) mass is 467 g/mol. The molecule has 166 valence electrons. The molecule has 2 heterocycles. The van der Waals surface area contributed by atoms with Gasteiger partial charge in [0.05, 0.1) is 33.0 Å². The highest BCUT2D eigenvalue weighted by molar-refractivity contribution is 6.35. The van der Waals surface area contributed by atoms with Crippen molar-refractivity contribution in [1.29, 1.82) is 0 Å². The summed E-state index contributed by atoms with van der Waals surface area (Å²) in [6.07, 6.45) is 8.45. The topological polar surface area (TPSA) is 91.4 Å². The van der Waals surface area contributed by atoms with E-state index in [1.54, 1.807) is 18.3 Å². The Labute approximate surface area is 189 Å². The molecule has 7 nitrogen and oxygen atoms in total. The number of benzene rings is 1. The summed E-state index contributed by atoms with van der Waals surface area (Å²) in [5.41, 5.74) is 1.56. The van der Waals surface area contributed by atoms with Crippen molar-refractivity contribution in [3.05, 3.63) is 28.9 Å². The van der Waals surface area contributed by atoms with Gasteiger partial charge in [-0.2, -0.15) is 0 Å². The zero-order chi connectivity index (χ0) is 21.8. The fourth-order valence-corrected chi connectivity index (χ4v) is 4.45. The van der Waals surface area contributed by atoms with Crippen LogP contribution in [-0.2, 0) is 0 Å². The molecule has 2 aliphatic rings. The van der Waals surface area contributed by atoms with Gasteiger partial charge < -0.3 is 20.4 Å². The number of nitrogens with one attached hydrogen (secondary N) is 3. The zero-order valence-corrected chi connectivity index (χ0v) is 18.3. The molecule has 0 radical (unpaired) electrons. The number of nitrogens with zero attached hydrogens (tertiary/aromatic N) is 2. The largest absolute Gasteiger partial charge is 0.490 e. The molecule has 2 atom stereocenters. The van der Waals surface area contributed by atoms with Crippen molar-refractivity contribution in [2.24, 2.45) is 4.99 Å². The minimum Gasteiger partial charge on any atom is -0.490 e. The Morgan fingerprint density at radius 2 is 2.10 bits per heavy atom. The van der Waals surface area contributed by atoms with E-state index < -0.39 is 18.1 Å². The molecular formula is C21H24Cl2FN5O2. The maximum absolute atomic E-state index is 13.0. The number of ether oxygens (including phenoxy) is 1. The number of alkyl halides is 2. The smallest absolute Gasteiger partial charge is 0.255 e. The number of rotatable bonds is 7. The summed E-state index contributed by atoms with van der Waals surface area (Å²) in [5.74, 6) is 0.505. The van der Waals surface area contributed by atoms with Gasteiger partial charge >= 0.3 is 0 Å². The first kappa shape index (κ1) is 21.9. The van der Waals surface area contributed by atoms with Gasteiger partial charge in [0.1, 0.15) is 19.0 Å². The van der Waals surface area contributed by atoms with Crippen LogP contribution < -0.4 is 15.4 Å². The van der Waals surface area contributed by atoms with E-state index in [2.05, 4.69) is 25.6 Å². The molecule has 0 saturated heterocycles. The van der Waals surface area contributed by atoms with E-state index in [0.717, 1.165) is 25.7 Å². The molecule has 0 bridgehead atoms. The lowest BCUT2D eigenvalue weighted by Gasteiger charge is -2.23. The van der Waals surface area contributed by atoms with E-state index >= 15 is 0 Å². The van der Waals surface area contributed by atoms with Crippen molar-refractivity contribution in [2.45, 2.75) is 49.6 Å². The summed E-state index contributed by atoms with van der Waals surface area (Å²) in [6.45, 7) is -0.791. The van der Waals surface area contributed by atoms with Crippen LogP contribution in [-0.4, -0.2) is 52.8 Å². The lowest BCUT2D eigenvalue weighted by molar-refractivity contribution is 0.0923. The maximum Gasteiger partial charge on any atom is 0.255 e. The number of halogens is 3. The summed E-state index contributed by atoms with van der Waals surface area (Å²) in [4.78, 5) is 24.6. The van der Waals surface area contributed by atoms with E-state index in [-0.39, 0.29) is 18.6 Å². The van der Waals surface area contributed by atoms with Crippen LogP contribution in [0.2, 0.25) is 0 Å². The SMILES string of the molecule is O=C(NC1CCCCC1)c1cc2[nH]c(NC3C(Cl)=CN=CC3Cl)nc2cc1OCCF. The van der Waals surface area contributed by atoms with Gasteiger partial charge in [-0.15, -0.1) is 11.6 Å². The van der Waals surface area contributed by atoms with Gasteiger partial charge in [-0.25, -0.2) is 9.37 Å². The Balaban J connectivity index is 1.59. The van der Waals surface area contributed by atoms with Crippen LogP contribution in [0.4, 0.5) is 10.3 Å². The second-order valence-electron chi connectivity index (χ2n) is 7.68. The number of carbonyl (C=O) groups is 1. The number of hydrogen-bond acceptors (Lipinski definition) is 5. The molecule has 1 aromatic heterocycles. The Kier molecular flexibility index (Phi) is 6.97. The quantitative estimate of drug-likeness (QED) is 0.521. The van der Waals surface area contributed by atoms with Gasteiger partial charge in [-0.1, -0.05) is 30.9 Å². The van der Waals surface area contributed by atoms with E-state index in [1.165, 1.54) is 12.6 Å². The molecular weight excluding hydrogens is 444 g/mol. The zero-order valence-electron chi connectivity index (χ0n) is 16.8. The van der Waals surface area contributed by atoms with Crippen molar-refractivity contribution in [3.63, 3.8) is 0 Å². The Morgan fingerprint density at radius 3 is 2.84 bits per heavy atom. The minimum atomic E-state index is -0.653. The van der Waals surface area contributed by atoms with Gasteiger partial charge in [0, 0.05) is 24.5 Å². The average molecular weight is 468 g/mol. The van der Waals surface area contributed by atoms with Crippen LogP contribution in [0, 0.1) is 0 Å². The molecule has 1 amide bonds.